The number of nitrogens with zero attached hydrogens (tertiary/aromatic N) is 1. The average molecular weight is 278 g/mol. The Bertz CT molecular complexity index is 494. The Morgan fingerprint density at radius 1 is 1.20 bits per heavy atom. The summed E-state index contributed by atoms with van der Waals surface area (Å²) < 4.78 is 10.5. The summed E-state index contributed by atoms with van der Waals surface area (Å²) in [6.07, 6.45) is 0.309. The van der Waals surface area contributed by atoms with E-state index in [2.05, 4.69) is 5.32 Å². The Kier molecular flexibility index (Phi) is 4.45. The number of nitrogens with one attached hydrogen (secondary N) is 1. The van der Waals surface area contributed by atoms with Gasteiger partial charge in [-0.15, -0.1) is 0 Å². The summed E-state index contributed by atoms with van der Waals surface area (Å²) in [5, 5.41) is 2.74. The van der Waals surface area contributed by atoms with E-state index in [1.54, 1.807) is 23.1 Å². The number of hydrogen-bond donors (Lipinski definition) is 1. The van der Waals surface area contributed by atoms with Crippen LogP contribution in [0.3, 0.4) is 0 Å². The minimum atomic E-state index is -0.184. The second kappa shape index (κ2) is 6.27. The summed E-state index contributed by atoms with van der Waals surface area (Å²) in [6, 6.07) is 5.20. The Morgan fingerprint density at radius 2 is 1.85 bits per heavy atom. The van der Waals surface area contributed by atoms with Gasteiger partial charge in [0.2, 0.25) is 5.91 Å². The molecule has 1 aliphatic rings. The molecule has 0 aromatic heterocycles. The predicted molar refractivity (Wildman–Crippen MR) is 73.1 cm³/mol. The van der Waals surface area contributed by atoms with Gasteiger partial charge in [-0.05, 0) is 12.1 Å². The molecule has 0 radical (unpaired) electrons. The average Bonchev–Trinajstić information content (AvgIpc) is 2.70. The minimum absolute atomic E-state index is 0.0349. The van der Waals surface area contributed by atoms with E-state index >= 15 is 0 Å². The molecular formula is C14H18N2O4. The molecule has 1 N–H and O–H groups in total. The molecule has 6 nitrogen and oxygen atoms in total. The van der Waals surface area contributed by atoms with Crippen LogP contribution in [0.2, 0.25) is 0 Å². The topological polar surface area (TPSA) is 67.9 Å². The Balaban J connectivity index is 2.30. The third-order valence-electron chi connectivity index (χ3n) is 3.24. The summed E-state index contributed by atoms with van der Waals surface area (Å²) in [4.78, 5) is 25.6. The first-order chi connectivity index (χ1) is 9.67. The molecule has 6 heteroatoms. The lowest BCUT2D eigenvalue weighted by molar-refractivity contribution is -0.120. The van der Waals surface area contributed by atoms with E-state index in [9.17, 15) is 9.59 Å². The maximum absolute atomic E-state index is 12.6. The molecule has 2 rings (SSSR count). The van der Waals surface area contributed by atoms with Gasteiger partial charge < -0.3 is 19.7 Å². The largest absolute Gasteiger partial charge is 0.496 e. The van der Waals surface area contributed by atoms with Crippen LogP contribution in [0.25, 0.3) is 0 Å². The van der Waals surface area contributed by atoms with Crippen LogP contribution in [0.4, 0.5) is 0 Å². The minimum Gasteiger partial charge on any atom is -0.496 e. The second-order valence-corrected chi connectivity index (χ2v) is 4.43. The maximum Gasteiger partial charge on any atom is 0.261 e. The fourth-order valence-electron chi connectivity index (χ4n) is 2.19. The van der Waals surface area contributed by atoms with Crippen molar-refractivity contribution in [2.75, 3.05) is 33.9 Å². The lowest BCUT2D eigenvalue weighted by Gasteiger charge is -2.22. The molecule has 1 heterocycles. The van der Waals surface area contributed by atoms with E-state index in [4.69, 9.17) is 9.47 Å². The van der Waals surface area contributed by atoms with Crippen molar-refractivity contribution in [2.24, 2.45) is 0 Å². The second-order valence-electron chi connectivity index (χ2n) is 4.43. The SMILES string of the molecule is COc1cccc(OC)c1C(=O)N1CCNC(=O)CC1. The number of hydrogen-bond acceptors (Lipinski definition) is 4. The van der Waals surface area contributed by atoms with Crippen molar-refractivity contribution in [1.82, 2.24) is 10.2 Å². The van der Waals surface area contributed by atoms with Gasteiger partial charge in [-0.2, -0.15) is 0 Å². The standard InChI is InChI=1S/C14H18N2O4/c1-19-10-4-3-5-11(20-2)13(10)14(18)16-8-6-12(17)15-7-9-16/h3-5H,6-9H2,1-2H3,(H,15,17). The van der Waals surface area contributed by atoms with E-state index in [1.165, 1.54) is 14.2 Å². The van der Waals surface area contributed by atoms with Gasteiger partial charge in [0.15, 0.2) is 0 Å². The highest BCUT2D eigenvalue weighted by Gasteiger charge is 2.25. The Hall–Kier alpha value is -2.24. The van der Waals surface area contributed by atoms with E-state index < -0.39 is 0 Å². The molecule has 0 atom stereocenters. The van der Waals surface area contributed by atoms with Crippen molar-refractivity contribution < 1.29 is 19.1 Å². The Morgan fingerprint density at radius 3 is 2.45 bits per heavy atom. The van der Waals surface area contributed by atoms with Gasteiger partial charge in [-0.25, -0.2) is 0 Å². The fourth-order valence-corrected chi connectivity index (χ4v) is 2.19. The van der Waals surface area contributed by atoms with Gasteiger partial charge in [0.1, 0.15) is 17.1 Å². The summed E-state index contributed by atoms with van der Waals surface area (Å²) in [7, 11) is 3.03. The number of ether oxygens (including phenoxy) is 2. The molecule has 1 aromatic carbocycles. The summed E-state index contributed by atoms with van der Waals surface area (Å²) in [5.74, 6) is 0.721. The van der Waals surface area contributed by atoms with E-state index in [-0.39, 0.29) is 11.8 Å². The van der Waals surface area contributed by atoms with Gasteiger partial charge >= 0.3 is 0 Å². The van der Waals surface area contributed by atoms with Crippen LogP contribution in [0.1, 0.15) is 16.8 Å². The third kappa shape index (κ3) is 2.84. The highest BCUT2D eigenvalue weighted by atomic mass is 16.5. The molecule has 1 aromatic rings. The zero-order valence-electron chi connectivity index (χ0n) is 11.6. The normalized spacial score (nSPS) is 15.3. The van der Waals surface area contributed by atoms with Crippen LogP contribution in [0.15, 0.2) is 18.2 Å². The molecule has 1 fully saturated rings. The monoisotopic (exact) mass is 278 g/mol. The smallest absolute Gasteiger partial charge is 0.261 e. The van der Waals surface area contributed by atoms with Gasteiger partial charge in [0, 0.05) is 26.1 Å². The molecule has 2 amide bonds. The van der Waals surface area contributed by atoms with E-state index in [1.807, 2.05) is 0 Å². The molecule has 0 unspecified atom stereocenters. The van der Waals surface area contributed by atoms with Crippen molar-refractivity contribution in [3.63, 3.8) is 0 Å². The van der Waals surface area contributed by atoms with Crippen molar-refractivity contribution in [3.05, 3.63) is 23.8 Å². The number of carbonyl (C=O) groups excluding carboxylic acids is 2. The van der Waals surface area contributed by atoms with Crippen LogP contribution in [-0.4, -0.2) is 50.6 Å². The van der Waals surface area contributed by atoms with Crippen LogP contribution >= 0.6 is 0 Å². The zero-order valence-corrected chi connectivity index (χ0v) is 11.6. The molecular weight excluding hydrogens is 260 g/mol. The number of amides is 2. The van der Waals surface area contributed by atoms with Crippen LogP contribution in [0, 0.1) is 0 Å². The van der Waals surface area contributed by atoms with Crippen molar-refractivity contribution in [3.8, 4) is 11.5 Å². The molecule has 0 aliphatic carbocycles. The van der Waals surface area contributed by atoms with Gasteiger partial charge in [0.05, 0.1) is 14.2 Å². The first-order valence-electron chi connectivity index (χ1n) is 6.44. The third-order valence-corrected chi connectivity index (χ3v) is 3.24. The maximum atomic E-state index is 12.6. The molecule has 0 spiro atoms. The Labute approximate surface area is 117 Å². The molecule has 1 saturated heterocycles. The first kappa shape index (κ1) is 14.2. The van der Waals surface area contributed by atoms with E-state index in [0.717, 1.165) is 0 Å². The number of carbonyl (C=O) groups is 2. The number of rotatable bonds is 3. The lowest BCUT2D eigenvalue weighted by atomic mass is 10.1. The van der Waals surface area contributed by atoms with E-state index in [0.29, 0.717) is 43.1 Å². The summed E-state index contributed by atoms with van der Waals surface area (Å²) in [5.41, 5.74) is 0.395. The zero-order chi connectivity index (χ0) is 14.5. The molecule has 20 heavy (non-hydrogen) atoms. The lowest BCUT2D eigenvalue weighted by Crippen LogP contribution is -2.34. The molecule has 1 aliphatic heterocycles. The van der Waals surface area contributed by atoms with Gasteiger partial charge in [-0.1, -0.05) is 6.07 Å². The molecule has 0 bridgehead atoms. The molecule has 0 saturated carbocycles. The first-order valence-corrected chi connectivity index (χ1v) is 6.44. The predicted octanol–water partition coefficient (Wildman–Crippen LogP) is 0.666. The summed E-state index contributed by atoms with van der Waals surface area (Å²) >= 11 is 0. The fraction of sp³-hybridized carbons (Fsp3) is 0.429. The number of benzene rings is 1. The van der Waals surface area contributed by atoms with Crippen molar-refractivity contribution in [2.45, 2.75) is 6.42 Å². The van der Waals surface area contributed by atoms with Crippen LogP contribution in [0.5, 0.6) is 11.5 Å². The highest BCUT2D eigenvalue weighted by Crippen LogP contribution is 2.29. The van der Waals surface area contributed by atoms with Crippen molar-refractivity contribution in [1.29, 1.82) is 0 Å². The summed E-state index contributed by atoms with van der Waals surface area (Å²) in [6.45, 7) is 1.33. The van der Waals surface area contributed by atoms with Crippen LogP contribution < -0.4 is 14.8 Å². The quantitative estimate of drug-likeness (QED) is 0.882. The van der Waals surface area contributed by atoms with Gasteiger partial charge in [0.25, 0.3) is 5.91 Å². The molecule has 108 valence electrons. The number of methoxy groups -OCH3 is 2. The highest BCUT2D eigenvalue weighted by molar-refractivity contribution is 6.00. The van der Waals surface area contributed by atoms with Crippen molar-refractivity contribution >= 4 is 11.8 Å². The van der Waals surface area contributed by atoms with Gasteiger partial charge in [-0.3, -0.25) is 9.59 Å². The van der Waals surface area contributed by atoms with Crippen LogP contribution in [-0.2, 0) is 4.79 Å².